The van der Waals surface area contributed by atoms with Crippen molar-refractivity contribution in [2.75, 3.05) is 19.5 Å². The van der Waals surface area contributed by atoms with Gasteiger partial charge in [0.1, 0.15) is 5.57 Å². The molecule has 0 aliphatic rings. The molecule has 1 rings (SSSR count). The van der Waals surface area contributed by atoms with Gasteiger partial charge in [0.25, 0.3) is 0 Å². The fourth-order valence-corrected chi connectivity index (χ4v) is 3.47. The summed E-state index contributed by atoms with van der Waals surface area (Å²) >= 11 is 5.19. The molecule has 0 unspecified atom stereocenters. The maximum Gasteiger partial charge on any atom is 0.341 e. The molecule has 0 aliphatic carbocycles. The third kappa shape index (κ3) is 7.72. The van der Waals surface area contributed by atoms with E-state index in [2.05, 4.69) is 48.5 Å². The molecular formula is C21H25BrO3S. The summed E-state index contributed by atoms with van der Waals surface area (Å²) in [5, 5.41) is 0. The Hall–Kier alpha value is -1.64. The molecule has 0 radical (unpaired) electrons. The van der Waals surface area contributed by atoms with E-state index in [1.807, 2.05) is 37.3 Å². The third-order valence-electron chi connectivity index (χ3n) is 3.00. The number of carbonyl (C=O) groups excluding carboxylic acids is 1. The summed E-state index contributed by atoms with van der Waals surface area (Å²) in [7, 11) is 1.36. The van der Waals surface area contributed by atoms with Crippen molar-refractivity contribution < 1.29 is 14.3 Å². The van der Waals surface area contributed by atoms with Gasteiger partial charge in [-0.1, -0.05) is 30.0 Å². The Bertz CT molecular complexity index is 734. The number of carbonyl (C=O) groups is 1. The number of hydrogen-bond donors (Lipinski definition) is 0. The van der Waals surface area contributed by atoms with Gasteiger partial charge in [-0.3, -0.25) is 0 Å². The lowest BCUT2D eigenvalue weighted by molar-refractivity contribution is -0.133. The van der Waals surface area contributed by atoms with Crippen molar-refractivity contribution in [1.29, 1.82) is 0 Å². The lowest BCUT2D eigenvalue weighted by Gasteiger charge is -2.12. The van der Waals surface area contributed by atoms with Gasteiger partial charge in [-0.15, -0.1) is 11.8 Å². The first-order valence-electron chi connectivity index (χ1n) is 8.29. The normalized spacial score (nSPS) is 11.8. The molecule has 0 saturated carbocycles. The Morgan fingerprint density at radius 2 is 2.08 bits per heavy atom. The summed E-state index contributed by atoms with van der Waals surface area (Å²) in [6.45, 7) is 8.58. The Labute approximate surface area is 169 Å². The number of esters is 1. The summed E-state index contributed by atoms with van der Waals surface area (Å²) in [6, 6.07) is 5.72. The quantitative estimate of drug-likeness (QED) is 0.180. The van der Waals surface area contributed by atoms with E-state index in [0.717, 1.165) is 20.7 Å². The zero-order valence-corrected chi connectivity index (χ0v) is 18.3. The fourth-order valence-electron chi connectivity index (χ4n) is 1.86. The van der Waals surface area contributed by atoms with E-state index in [1.165, 1.54) is 13.4 Å². The zero-order chi connectivity index (χ0) is 19.6. The second-order valence-electron chi connectivity index (χ2n) is 6.33. The van der Waals surface area contributed by atoms with Crippen molar-refractivity contribution in [1.82, 2.24) is 0 Å². The molecule has 0 aromatic heterocycles. The summed E-state index contributed by atoms with van der Waals surface area (Å²) < 4.78 is 11.2. The number of hydrogen-bond acceptors (Lipinski definition) is 4. The van der Waals surface area contributed by atoms with Crippen LogP contribution in [-0.4, -0.2) is 25.4 Å². The number of methoxy groups -OCH3 is 1. The average molecular weight is 437 g/mol. The van der Waals surface area contributed by atoms with Crippen molar-refractivity contribution in [2.24, 2.45) is 5.41 Å². The van der Waals surface area contributed by atoms with Crippen molar-refractivity contribution in [3.05, 3.63) is 46.6 Å². The summed E-state index contributed by atoms with van der Waals surface area (Å²) in [5.41, 5.74) is 1.17. The molecule has 0 bridgehead atoms. The smallest absolute Gasteiger partial charge is 0.341 e. The second-order valence-corrected chi connectivity index (χ2v) is 8.21. The van der Waals surface area contributed by atoms with Crippen molar-refractivity contribution in [2.45, 2.75) is 32.6 Å². The number of halogens is 1. The molecule has 0 spiro atoms. The number of rotatable bonds is 7. The fraction of sp³-hybridized carbons (Fsp3) is 0.381. The molecule has 0 saturated heterocycles. The molecule has 1 aromatic carbocycles. The van der Waals surface area contributed by atoms with Crippen LogP contribution in [0.5, 0.6) is 0 Å². The number of ether oxygens (including phenoxy) is 2. The largest absolute Gasteiger partial charge is 0.501 e. The standard InChI is InChI=1S/C21H25BrO3S/c1-6-25-15-17(20(23)24-5)16-11-10-12-18(22)19(16)26-14-9-7-8-13-21(2,3)4/h7,9-12,15H,6,14H2,1-5H3. The Morgan fingerprint density at radius 3 is 2.69 bits per heavy atom. The Balaban J connectivity index is 3.03. The van der Waals surface area contributed by atoms with Crippen LogP contribution in [-0.2, 0) is 14.3 Å². The number of allylic oxidation sites excluding steroid dienone is 1. The molecule has 0 heterocycles. The van der Waals surface area contributed by atoms with E-state index in [9.17, 15) is 4.79 Å². The molecule has 26 heavy (non-hydrogen) atoms. The van der Waals surface area contributed by atoms with E-state index in [0.29, 0.717) is 12.2 Å². The van der Waals surface area contributed by atoms with Crippen molar-refractivity contribution in [3.63, 3.8) is 0 Å². The molecule has 3 nitrogen and oxygen atoms in total. The van der Waals surface area contributed by atoms with Gasteiger partial charge in [0.05, 0.1) is 20.0 Å². The van der Waals surface area contributed by atoms with Gasteiger partial charge < -0.3 is 9.47 Å². The lowest BCUT2D eigenvalue weighted by Crippen LogP contribution is -2.06. The highest BCUT2D eigenvalue weighted by molar-refractivity contribution is 9.10. The Morgan fingerprint density at radius 1 is 1.35 bits per heavy atom. The predicted octanol–water partition coefficient (Wildman–Crippen LogP) is 5.70. The zero-order valence-electron chi connectivity index (χ0n) is 15.9. The van der Waals surface area contributed by atoms with Crippen LogP contribution in [0.3, 0.4) is 0 Å². The summed E-state index contributed by atoms with van der Waals surface area (Å²) in [6.07, 6.45) is 5.34. The SMILES string of the molecule is CCOC=C(C(=O)OC)c1cccc(Br)c1SCC=CC#CC(C)(C)C. The van der Waals surface area contributed by atoms with Crippen LogP contribution in [0.1, 0.15) is 33.3 Å². The number of benzene rings is 1. The monoisotopic (exact) mass is 436 g/mol. The van der Waals surface area contributed by atoms with Gasteiger partial charge in [0.15, 0.2) is 0 Å². The molecular weight excluding hydrogens is 412 g/mol. The van der Waals surface area contributed by atoms with E-state index in [1.54, 1.807) is 11.8 Å². The van der Waals surface area contributed by atoms with Gasteiger partial charge >= 0.3 is 5.97 Å². The van der Waals surface area contributed by atoms with Crippen LogP contribution in [0.4, 0.5) is 0 Å². The van der Waals surface area contributed by atoms with Crippen molar-refractivity contribution in [3.8, 4) is 11.8 Å². The Kier molecular flexibility index (Phi) is 9.61. The van der Waals surface area contributed by atoms with E-state index in [4.69, 9.17) is 9.47 Å². The van der Waals surface area contributed by atoms with Crippen LogP contribution >= 0.6 is 27.7 Å². The van der Waals surface area contributed by atoms with Crippen LogP contribution < -0.4 is 0 Å². The molecule has 0 atom stereocenters. The van der Waals surface area contributed by atoms with Gasteiger partial charge in [-0.25, -0.2) is 4.79 Å². The minimum atomic E-state index is -0.426. The van der Waals surface area contributed by atoms with Gasteiger partial charge in [-0.2, -0.15) is 0 Å². The molecule has 5 heteroatoms. The van der Waals surface area contributed by atoms with Gasteiger partial charge in [-0.05, 0) is 55.8 Å². The number of thioether (sulfide) groups is 1. The van der Waals surface area contributed by atoms with E-state index < -0.39 is 5.97 Å². The first kappa shape index (κ1) is 22.4. The second kappa shape index (κ2) is 11.2. The minimum Gasteiger partial charge on any atom is -0.501 e. The van der Waals surface area contributed by atoms with Crippen molar-refractivity contribution >= 4 is 39.2 Å². The molecule has 1 aromatic rings. The highest BCUT2D eigenvalue weighted by Gasteiger charge is 2.18. The highest BCUT2D eigenvalue weighted by Crippen LogP contribution is 2.35. The minimum absolute atomic E-state index is 0.00734. The molecule has 0 N–H and O–H groups in total. The first-order chi connectivity index (χ1) is 12.3. The lowest BCUT2D eigenvalue weighted by atomic mass is 9.98. The van der Waals surface area contributed by atoms with Gasteiger partial charge in [0, 0.05) is 26.1 Å². The van der Waals surface area contributed by atoms with Crippen LogP contribution in [0, 0.1) is 17.3 Å². The van der Waals surface area contributed by atoms with Crippen LogP contribution in [0.25, 0.3) is 5.57 Å². The highest BCUT2D eigenvalue weighted by atomic mass is 79.9. The molecule has 140 valence electrons. The molecule has 0 aliphatic heterocycles. The summed E-state index contributed by atoms with van der Waals surface area (Å²) in [4.78, 5) is 13.1. The summed E-state index contributed by atoms with van der Waals surface area (Å²) in [5.74, 6) is 6.53. The van der Waals surface area contributed by atoms with E-state index in [-0.39, 0.29) is 5.41 Å². The van der Waals surface area contributed by atoms with Crippen LogP contribution in [0.15, 0.2) is 46.0 Å². The van der Waals surface area contributed by atoms with Gasteiger partial charge in [0.2, 0.25) is 0 Å². The predicted molar refractivity (Wildman–Crippen MR) is 113 cm³/mol. The van der Waals surface area contributed by atoms with Crippen LogP contribution in [0.2, 0.25) is 0 Å². The maximum absolute atomic E-state index is 12.2. The third-order valence-corrected chi connectivity index (χ3v) is 5.01. The maximum atomic E-state index is 12.2. The topological polar surface area (TPSA) is 35.5 Å². The molecule has 0 fully saturated rings. The first-order valence-corrected chi connectivity index (χ1v) is 10.1. The van der Waals surface area contributed by atoms with E-state index >= 15 is 0 Å². The molecule has 0 amide bonds. The average Bonchev–Trinajstić information content (AvgIpc) is 2.58.